The summed E-state index contributed by atoms with van der Waals surface area (Å²) in [5.74, 6) is -0.586. The lowest BCUT2D eigenvalue weighted by molar-refractivity contribution is -0.144. The third-order valence-corrected chi connectivity index (χ3v) is 5.32. The van der Waals surface area contributed by atoms with Crippen molar-refractivity contribution in [2.45, 2.75) is 26.9 Å². The summed E-state index contributed by atoms with van der Waals surface area (Å²) < 4.78 is 8.17. The third kappa shape index (κ3) is 4.20. The van der Waals surface area contributed by atoms with Crippen LogP contribution in [0, 0.1) is 13.8 Å². The van der Waals surface area contributed by atoms with Gasteiger partial charge in [0.1, 0.15) is 5.75 Å². The summed E-state index contributed by atoms with van der Waals surface area (Å²) in [6, 6.07) is 15.7. The lowest BCUT2D eigenvalue weighted by atomic mass is 10.2. The molecule has 0 unspecified atom stereocenters. The molecular formula is C24H22N4O5. The molecule has 0 saturated heterocycles. The van der Waals surface area contributed by atoms with Gasteiger partial charge in [-0.05, 0) is 63.2 Å². The molecule has 0 amide bonds. The zero-order chi connectivity index (χ0) is 23.7. The molecule has 4 aromatic rings. The van der Waals surface area contributed by atoms with E-state index in [1.807, 2.05) is 36.6 Å². The molecule has 0 spiro atoms. The fourth-order valence-corrected chi connectivity index (χ4v) is 3.62. The molecule has 2 aromatic heterocycles. The molecule has 1 atom stereocenters. The monoisotopic (exact) mass is 446 g/mol. The number of hydrogen-bond donors (Lipinski definition) is 2. The third-order valence-electron chi connectivity index (χ3n) is 5.32. The van der Waals surface area contributed by atoms with Crippen LogP contribution in [0.3, 0.4) is 0 Å². The zero-order valence-corrected chi connectivity index (χ0v) is 18.3. The minimum absolute atomic E-state index is 0.374. The van der Waals surface area contributed by atoms with E-state index in [9.17, 15) is 14.4 Å². The van der Waals surface area contributed by atoms with Gasteiger partial charge in [0.2, 0.25) is 0 Å². The SMILES string of the molecule is Cc1cc(C=Nn2c(=O)[nH]c3ccccc3c2=O)c(C)n1-c1ccc(O[C@H](C)C(=O)O)cc1. The van der Waals surface area contributed by atoms with Crippen LogP contribution in [0.4, 0.5) is 0 Å². The molecule has 9 nitrogen and oxygen atoms in total. The van der Waals surface area contributed by atoms with E-state index in [0.717, 1.165) is 27.3 Å². The van der Waals surface area contributed by atoms with E-state index in [1.165, 1.54) is 13.1 Å². The summed E-state index contributed by atoms with van der Waals surface area (Å²) in [7, 11) is 0. The standard InChI is InChI=1S/C24H22N4O5/c1-14-12-17(13-25-28-22(29)20-6-4-5-7-21(20)26-24(28)32)15(2)27(14)18-8-10-19(11-9-18)33-16(3)23(30)31/h4-13,16H,1-3H3,(H,26,32)(H,30,31)/t16-/m1/s1. The molecule has 9 heteroatoms. The van der Waals surface area contributed by atoms with Crippen LogP contribution in [0.5, 0.6) is 5.75 Å². The van der Waals surface area contributed by atoms with Crippen molar-refractivity contribution in [1.29, 1.82) is 0 Å². The maximum absolute atomic E-state index is 12.7. The summed E-state index contributed by atoms with van der Waals surface area (Å²) in [6.45, 7) is 5.29. The predicted molar refractivity (Wildman–Crippen MR) is 125 cm³/mol. The minimum atomic E-state index is -1.04. The lowest BCUT2D eigenvalue weighted by Gasteiger charge is -2.13. The van der Waals surface area contributed by atoms with Crippen LogP contribution in [0.1, 0.15) is 23.9 Å². The number of benzene rings is 2. The Labute approximate surface area is 188 Å². The highest BCUT2D eigenvalue weighted by Crippen LogP contribution is 2.22. The first-order chi connectivity index (χ1) is 15.8. The van der Waals surface area contributed by atoms with Gasteiger partial charge < -0.3 is 19.4 Å². The lowest BCUT2D eigenvalue weighted by Crippen LogP contribution is -2.32. The molecule has 0 bridgehead atoms. The number of carbonyl (C=O) groups is 1. The van der Waals surface area contributed by atoms with Gasteiger partial charge in [-0.25, -0.2) is 9.59 Å². The number of nitrogens with zero attached hydrogens (tertiary/aromatic N) is 3. The van der Waals surface area contributed by atoms with Crippen LogP contribution >= 0.6 is 0 Å². The van der Waals surface area contributed by atoms with E-state index in [1.54, 1.807) is 36.4 Å². The highest BCUT2D eigenvalue weighted by molar-refractivity contribution is 5.82. The van der Waals surface area contributed by atoms with Crippen LogP contribution in [0.15, 0.2) is 69.3 Å². The van der Waals surface area contributed by atoms with E-state index >= 15 is 0 Å². The fraction of sp³-hybridized carbons (Fsp3) is 0.167. The maximum Gasteiger partial charge on any atom is 0.349 e. The quantitative estimate of drug-likeness (QED) is 0.442. The van der Waals surface area contributed by atoms with Crippen molar-refractivity contribution in [2.24, 2.45) is 5.10 Å². The highest BCUT2D eigenvalue weighted by Gasteiger charge is 2.14. The Morgan fingerprint density at radius 3 is 2.52 bits per heavy atom. The molecule has 0 aliphatic heterocycles. The summed E-state index contributed by atoms with van der Waals surface area (Å²) in [6.07, 6.45) is 0.534. The highest BCUT2D eigenvalue weighted by atomic mass is 16.5. The average molecular weight is 446 g/mol. The number of aromatic amines is 1. The molecule has 0 saturated carbocycles. The Kier molecular flexibility index (Phi) is 5.70. The van der Waals surface area contributed by atoms with Crippen LogP contribution in [0.2, 0.25) is 0 Å². The first-order valence-corrected chi connectivity index (χ1v) is 10.2. The van der Waals surface area contributed by atoms with Crippen molar-refractivity contribution in [1.82, 2.24) is 14.2 Å². The van der Waals surface area contributed by atoms with Crippen LogP contribution < -0.4 is 16.0 Å². The van der Waals surface area contributed by atoms with Crippen molar-refractivity contribution < 1.29 is 14.6 Å². The number of carboxylic acids is 1. The van der Waals surface area contributed by atoms with Gasteiger partial charge in [-0.15, -0.1) is 4.68 Å². The number of carboxylic acid groups (broad SMARTS) is 1. The summed E-state index contributed by atoms with van der Waals surface area (Å²) in [4.78, 5) is 38.6. The van der Waals surface area contributed by atoms with Crippen LogP contribution in [0.25, 0.3) is 16.6 Å². The number of fused-ring (bicyclic) bond motifs is 1. The van der Waals surface area contributed by atoms with Crippen molar-refractivity contribution in [3.05, 3.63) is 92.4 Å². The molecule has 2 N–H and O–H groups in total. The van der Waals surface area contributed by atoms with E-state index < -0.39 is 23.3 Å². The molecular weight excluding hydrogens is 424 g/mol. The van der Waals surface area contributed by atoms with Crippen molar-refractivity contribution >= 4 is 23.1 Å². The van der Waals surface area contributed by atoms with Gasteiger partial charge in [0.05, 0.1) is 17.1 Å². The smallest absolute Gasteiger partial charge is 0.349 e. The van der Waals surface area contributed by atoms with Gasteiger partial charge in [-0.1, -0.05) is 12.1 Å². The van der Waals surface area contributed by atoms with Gasteiger partial charge in [-0.2, -0.15) is 5.10 Å². The maximum atomic E-state index is 12.7. The molecule has 4 rings (SSSR count). The van der Waals surface area contributed by atoms with Gasteiger partial charge in [0.25, 0.3) is 5.56 Å². The molecule has 2 heterocycles. The Bertz CT molecular complexity index is 1490. The summed E-state index contributed by atoms with van der Waals surface area (Å²) in [5.41, 5.74) is 2.71. The fourth-order valence-electron chi connectivity index (χ4n) is 3.62. The van der Waals surface area contributed by atoms with Crippen molar-refractivity contribution in [3.63, 3.8) is 0 Å². The van der Waals surface area contributed by atoms with Gasteiger partial charge in [-0.3, -0.25) is 4.79 Å². The molecule has 0 fully saturated rings. The van der Waals surface area contributed by atoms with Crippen LogP contribution in [-0.4, -0.2) is 37.6 Å². The van der Waals surface area contributed by atoms with Gasteiger partial charge in [0, 0.05) is 22.6 Å². The Morgan fingerprint density at radius 1 is 1.12 bits per heavy atom. The number of rotatable bonds is 6. The number of aryl methyl sites for hydroxylation is 1. The topological polar surface area (TPSA) is 119 Å². The average Bonchev–Trinajstić information content (AvgIpc) is 3.07. The number of aliphatic carboxylic acids is 1. The number of ether oxygens (including phenoxy) is 1. The summed E-state index contributed by atoms with van der Waals surface area (Å²) in [5, 5.41) is 13.5. The van der Waals surface area contributed by atoms with Crippen LogP contribution in [-0.2, 0) is 4.79 Å². The minimum Gasteiger partial charge on any atom is -0.479 e. The zero-order valence-electron chi connectivity index (χ0n) is 18.3. The largest absolute Gasteiger partial charge is 0.479 e. The first kappa shape index (κ1) is 21.8. The second-order valence-electron chi connectivity index (χ2n) is 7.59. The molecule has 0 aliphatic rings. The Morgan fingerprint density at radius 2 is 1.82 bits per heavy atom. The second kappa shape index (κ2) is 8.62. The van der Waals surface area contributed by atoms with E-state index in [2.05, 4.69) is 10.1 Å². The molecule has 2 aromatic carbocycles. The molecule has 33 heavy (non-hydrogen) atoms. The van der Waals surface area contributed by atoms with Crippen molar-refractivity contribution in [3.8, 4) is 11.4 Å². The predicted octanol–water partition coefficient (Wildman–Crippen LogP) is 2.83. The van der Waals surface area contributed by atoms with Gasteiger partial charge in [0.15, 0.2) is 6.10 Å². The summed E-state index contributed by atoms with van der Waals surface area (Å²) >= 11 is 0. The molecule has 168 valence electrons. The number of H-pyrrole nitrogens is 1. The van der Waals surface area contributed by atoms with Crippen molar-refractivity contribution in [2.75, 3.05) is 0 Å². The Balaban J connectivity index is 1.66. The van der Waals surface area contributed by atoms with E-state index in [0.29, 0.717) is 16.7 Å². The first-order valence-electron chi connectivity index (χ1n) is 10.2. The number of para-hydroxylation sites is 1. The second-order valence-corrected chi connectivity index (χ2v) is 7.59. The normalized spacial score (nSPS) is 12.3. The number of nitrogens with one attached hydrogen (secondary N) is 1. The van der Waals surface area contributed by atoms with Gasteiger partial charge >= 0.3 is 11.7 Å². The van der Waals surface area contributed by atoms with E-state index in [4.69, 9.17) is 9.84 Å². The number of hydrogen-bond acceptors (Lipinski definition) is 5. The van der Waals surface area contributed by atoms with E-state index in [-0.39, 0.29) is 0 Å². The number of aromatic nitrogens is 3. The molecule has 0 radical (unpaired) electrons. The molecule has 0 aliphatic carbocycles. The Hall–Kier alpha value is -4.40.